The molecule has 0 N–H and O–H groups in total. The van der Waals surface area contributed by atoms with Crippen LogP contribution in [0.4, 0.5) is 0 Å². The van der Waals surface area contributed by atoms with Crippen molar-refractivity contribution in [1.29, 1.82) is 0 Å². The van der Waals surface area contributed by atoms with Crippen LogP contribution in [0.5, 0.6) is 0 Å². The Bertz CT molecular complexity index is 831. The van der Waals surface area contributed by atoms with Crippen molar-refractivity contribution in [3.63, 3.8) is 0 Å². The van der Waals surface area contributed by atoms with E-state index in [2.05, 4.69) is 103 Å². The first-order valence-corrected chi connectivity index (χ1v) is 11.1. The molecular weight excluding hydrogens is 360 g/mol. The molecule has 30 heavy (non-hydrogen) atoms. The summed E-state index contributed by atoms with van der Waals surface area (Å²) in [6.07, 6.45) is 18.7. The van der Waals surface area contributed by atoms with Gasteiger partial charge in [-0.2, -0.15) is 0 Å². The van der Waals surface area contributed by atoms with Gasteiger partial charge in [-0.25, -0.2) is 0 Å². The van der Waals surface area contributed by atoms with Gasteiger partial charge in [0.2, 0.25) is 0 Å². The van der Waals surface area contributed by atoms with Crippen molar-refractivity contribution in [2.75, 3.05) is 0 Å². The monoisotopic (exact) mass is 400 g/mol. The first-order valence-electron chi connectivity index (χ1n) is 11.1. The van der Waals surface area contributed by atoms with E-state index in [4.69, 9.17) is 0 Å². The number of rotatable bonds is 11. The van der Waals surface area contributed by atoms with Gasteiger partial charge in [-0.3, -0.25) is 0 Å². The lowest BCUT2D eigenvalue weighted by Gasteiger charge is -2.16. The Balaban J connectivity index is 3.24. The van der Waals surface area contributed by atoms with E-state index in [0.29, 0.717) is 11.8 Å². The molecule has 0 aliphatic carbocycles. The lowest BCUT2D eigenvalue weighted by atomic mass is 9.89. The van der Waals surface area contributed by atoms with Gasteiger partial charge >= 0.3 is 0 Å². The van der Waals surface area contributed by atoms with Gasteiger partial charge in [-0.05, 0) is 78.9 Å². The zero-order chi connectivity index (χ0) is 22.5. The minimum Gasteiger partial charge on any atom is -0.0991 e. The van der Waals surface area contributed by atoms with Crippen LogP contribution in [0, 0.1) is 0 Å². The predicted molar refractivity (Wildman–Crippen MR) is 137 cm³/mol. The highest BCUT2D eigenvalue weighted by Crippen LogP contribution is 2.29. The first-order chi connectivity index (χ1) is 14.4. The van der Waals surface area contributed by atoms with Gasteiger partial charge in [0.05, 0.1) is 0 Å². The molecule has 0 fully saturated rings. The minimum absolute atomic E-state index is 0.351. The Morgan fingerprint density at radius 3 is 1.97 bits per heavy atom. The highest BCUT2D eigenvalue weighted by Gasteiger charge is 2.10. The third-order valence-electron chi connectivity index (χ3n) is 5.83. The normalized spacial score (nSPS) is 15.0. The fraction of sp³-hybridized carbons (Fsp3) is 0.333. The highest BCUT2D eigenvalue weighted by molar-refractivity contribution is 5.51. The van der Waals surface area contributed by atoms with E-state index in [-0.39, 0.29) is 0 Å². The summed E-state index contributed by atoms with van der Waals surface area (Å²) in [7, 11) is 0. The molecule has 1 aromatic rings. The van der Waals surface area contributed by atoms with Crippen LogP contribution in [0.2, 0.25) is 0 Å². The van der Waals surface area contributed by atoms with Crippen LogP contribution >= 0.6 is 0 Å². The fourth-order valence-electron chi connectivity index (χ4n) is 3.73. The highest BCUT2D eigenvalue weighted by atomic mass is 14.2. The van der Waals surface area contributed by atoms with Crippen molar-refractivity contribution < 1.29 is 0 Å². The second-order valence-corrected chi connectivity index (χ2v) is 7.92. The Kier molecular flexibility index (Phi) is 11.5. The van der Waals surface area contributed by atoms with E-state index < -0.39 is 0 Å². The molecule has 0 aliphatic rings. The van der Waals surface area contributed by atoms with Crippen LogP contribution in [-0.2, 0) is 0 Å². The predicted octanol–water partition coefficient (Wildman–Crippen LogP) is 9.39. The van der Waals surface area contributed by atoms with Gasteiger partial charge in [0.25, 0.3) is 0 Å². The summed E-state index contributed by atoms with van der Waals surface area (Å²) in [5, 5.41) is 0. The lowest BCUT2D eigenvalue weighted by Crippen LogP contribution is -1.98. The van der Waals surface area contributed by atoms with Crippen molar-refractivity contribution in [2.24, 2.45) is 0 Å². The van der Waals surface area contributed by atoms with Crippen LogP contribution in [0.15, 0.2) is 108 Å². The standard InChI is InChI=1S/C30H40/c1-9-13-15-17-30(26(8)23(5)16-14-10-2)25(7)22-24(6)28-18-20-29(21-19-28)27(11-3)12-4/h9-10,13-22,24,27H,1-2,11-12H2,3-8H3/b15-13+,16-14-,25-22-,26-23+,30-17+. The molecule has 1 atom stereocenters. The minimum atomic E-state index is 0.351. The van der Waals surface area contributed by atoms with Crippen molar-refractivity contribution >= 4 is 0 Å². The molecule has 0 spiro atoms. The number of hydrogen-bond donors (Lipinski definition) is 0. The van der Waals surface area contributed by atoms with Crippen LogP contribution in [-0.4, -0.2) is 0 Å². The number of hydrogen-bond acceptors (Lipinski definition) is 0. The van der Waals surface area contributed by atoms with Crippen LogP contribution in [0.25, 0.3) is 0 Å². The number of benzene rings is 1. The molecule has 0 bridgehead atoms. The van der Waals surface area contributed by atoms with E-state index in [0.717, 1.165) is 0 Å². The fourth-order valence-corrected chi connectivity index (χ4v) is 3.73. The van der Waals surface area contributed by atoms with E-state index >= 15 is 0 Å². The molecule has 1 rings (SSSR count). The maximum atomic E-state index is 3.78. The maximum Gasteiger partial charge on any atom is -0.000451 e. The molecular formula is C30H40. The summed E-state index contributed by atoms with van der Waals surface area (Å²) in [5.41, 5.74) is 7.85. The second kappa shape index (κ2) is 13.6. The van der Waals surface area contributed by atoms with Gasteiger partial charge in [0, 0.05) is 0 Å². The van der Waals surface area contributed by atoms with Crippen molar-refractivity contribution in [3.8, 4) is 0 Å². The molecule has 0 heterocycles. The summed E-state index contributed by atoms with van der Waals surface area (Å²) in [4.78, 5) is 0. The smallest absolute Gasteiger partial charge is 0.000451 e. The van der Waals surface area contributed by atoms with E-state index in [9.17, 15) is 0 Å². The molecule has 160 valence electrons. The molecule has 0 saturated carbocycles. The van der Waals surface area contributed by atoms with Gasteiger partial charge < -0.3 is 0 Å². The molecule has 0 aliphatic heterocycles. The summed E-state index contributed by atoms with van der Waals surface area (Å²) in [6, 6.07) is 9.21. The summed E-state index contributed by atoms with van der Waals surface area (Å²) in [5.74, 6) is 1.02. The van der Waals surface area contributed by atoms with Gasteiger partial charge in [-0.1, -0.05) is 107 Å². The third kappa shape index (κ3) is 7.67. The Morgan fingerprint density at radius 1 is 0.867 bits per heavy atom. The van der Waals surface area contributed by atoms with Crippen LogP contribution in [0.3, 0.4) is 0 Å². The topological polar surface area (TPSA) is 0 Å². The SMILES string of the molecule is C=C\C=C/C(C)=C(C)/C(=C/C=C/C=C)C(/C)=C\C(C)c1ccc(C(CC)CC)cc1. The average Bonchev–Trinajstić information content (AvgIpc) is 2.75. The Morgan fingerprint density at radius 2 is 1.43 bits per heavy atom. The second-order valence-electron chi connectivity index (χ2n) is 7.92. The zero-order valence-electron chi connectivity index (χ0n) is 19.9. The first kappa shape index (κ1) is 25.4. The molecule has 0 amide bonds. The van der Waals surface area contributed by atoms with Crippen LogP contribution in [0.1, 0.15) is 77.3 Å². The number of allylic oxidation sites excluding steroid dienone is 12. The van der Waals surface area contributed by atoms with Gasteiger partial charge in [0.1, 0.15) is 0 Å². The molecule has 0 radical (unpaired) electrons. The van der Waals surface area contributed by atoms with Crippen molar-refractivity contribution in [1.82, 2.24) is 0 Å². The van der Waals surface area contributed by atoms with Gasteiger partial charge in [-0.15, -0.1) is 0 Å². The lowest BCUT2D eigenvalue weighted by molar-refractivity contribution is 0.641. The molecule has 1 unspecified atom stereocenters. The quantitative estimate of drug-likeness (QED) is 0.324. The van der Waals surface area contributed by atoms with E-state index in [1.54, 1.807) is 6.08 Å². The van der Waals surface area contributed by atoms with E-state index in [1.165, 1.54) is 46.3 Å². The molecule has 0 heteroatoms. The Hall–Kier alpha value is -2.60. The molecule has 1 aromatic carbocycles. The summed E-state index contributed by atoms with van der Waals surface area (Å²) in [6.45, 7) is 20.9. The maximum absolute atomic E-state index is 3.78. The molecule has 0 aromatic heterocycles. The molecule has 0 nitrogen and oxygen atoms in total. The zero-order valence-corrected chi connectivity index (χ0v) is 19.9. The van der Waals surface area contributed by atoms with Crippen molar-refractivity contribution in [3.05, 3.63) is 119 Å². The summed E-state index contributed by atoms with van der Waals surface area (Å²) >= 11 is 0. The summed E-state index contributed by atoms with van der Waals surface area (Å²) < 4.78 is 0. The third-order valence-corrected chi connectivity index (χ3v) is 5.83. The Labute approximate surface area is 185 Å². The average molecular weight is 401 g/mol. The molecule has 0 saturated heterocycles. The van der Waals surface area contributed by atoms with Gasteiger partial charge in [0.15, 0.2) is 0 Å². The van der Waals surface area contributed by atoms with Crippen LogP contribution < -0.4 is 0 Å². The van der Waals surface area contributed by atoms with Crippen molar-refractivity contribution in [2.45, 2.75) is 66.2 Å². The van der Waals surface area contributed by atoms with E-state index in [1.807, 2.05) is 18.2 Å². The largest absolute Gasteiger partial charge is 0.0991 e.